The van der Waals surface area contributed by atoms with E-state index in [4.69, 9.17) is 9.47 Å². The number of benzene rings is 3. The number of fused-ring (bicyclic) bond motifs is 3. The molecule has 0 saturated carbocycles. The molecule has 3 aromatic carbocycles. The number of ketones is 2. The molecule has 1 aromatic heterocycles. The zero-order valence-corrected chi connectivity index (χ0v) is 22.4. The fourth-order valence-corrected chi connectivity index (χ4v) is 4.44. The molecule has 200 valence electrons. The van der Waals surface area contributed by atoms with Gasteiger partial charge in [0.15, 0.2) is 5.78 Å². The molecule has 0 aliphatic heterocycles. The minimum Gasteiger partial charge on any atom is -0.462 e. The molecule has 0 spiro atoms. The lowest BCUT2D eigenvalue weighted by atomic mass is 10.0. The summed E-state index contributed by atoms with van der Waals surface area (Å²) in [4.78, 5) is 49.9. The number of aromatic nitrogens is 1. The Labute approximate surface area is 227 Å². The first-order valence-electron chi connectivity index (χ1n) is 12.9. The Kier molecular flexibility index (Phi) is 8.39. The van der Waals surface area contributed by atoms with Gasteiger partial charge in [0.05, 0.1) is 13.2 Å². The van der Waals surface area contributed by atoms with E-state index in [1.807, 2.05) is 42.5 Å². The molecular weight excluding hydrogens is 494 g/mol. The highest BCUT2D eigenvalue weighted by Crippen LogP contribution is 2.34. The van der Waals surface area contributed by atoms with E-state index < -0.39 is 17.7 Å². The van der Waals surface area contributed by atoms with Crippen molar-refractivity contribution in [3.05, 3.63) is 95.6 Å². The Morgan fingerprint density at radius 1 is 0.795 bits per heavy atom. The average Bonchev–Trinajstić information content (AvgIpc) is 3.28. The minimum absolute atomic E-state index is 0.0538. The molecule has 0 bridgehead atoms. The van der Waals surface area contributed by atoms with Gasteiger partial charge in [0.25, 0.3) is 5.78 Å². The molecule has 4 rings (SSSR count). The standard InChI is InChI=1S/C32H31NO6/c1-5-21(4)33-27-14-12-23(29(34)22-10-7-6-8-11-22)18-25(27)26-19-24(13-15-28(26)33)30(35)32(37)39-17-9-16-38-31(36)20(2)3/h6-8,10-15,18-19,21H,2,5,9,16-17H2,1,3-4H3. The zero-order valence-electron chi connectivity index (χ0n) is 22.4. The summed E-state index contributed by atoms with van der Waals surface area (Å²) in [6, 6.07) is 20.0. The molecule has 0 amide bonds. The van der Waals surface area contributed by atoms with E-state index in [9.17, 15) is 19.2 Å². The lowest BCUT2D eigenvalue weighted by Gasteiger charge is -2.15. The van der Waals surface area contributed by atoms with Crippen molar-refractivity contribution in [3.8, 4) is 0 Å². The molecule has 0 N–H and O–H groups in total. The Hall–Kier alpha value is -4.52. The Morgan fingerprint density at radius 2 is 1.36 bits per heavy atom. The number of esters is 2. The predicted molar refractivity (Wildman–Crippen MR) is 150 cm³/mol. The highest BCUT2D eigenvalue weighted by atomic mass is 16.5. The summed E-state index contributed by atoms with van der Waals surface area (Å²) < 4.78 is 12.3. The molecule has 0 aliphatic rings. The van der Waals surface area contributed by atoms with Gasteiger partial charge >= 0.3 is 11.9 Å². The van der Waals surface area contributed by atoms with Gasteiger partial charge < -0.3 is 14.0 Å². The first-order valence-corrected chi connectivity index (χ1v) is 12.9. The van der Waals surface area contributed by atoms with Crippen LogP contribution in [0.3, 0.4) is 0 Å². The van der Waals surface area contributed by atoms with Gasteiger partial charge in [0.2, 0.25) is 0 Å². The lowest BCUT2D eigenvalue weighted by Crippen LogP contribution is -2.19. The molecule has 39 heavy (non-hydrogen) atoms. The summed E-state index contributed by atoms with van der Waals surface area (Å²) >= 11 is 0. The van der Waals surface area contributed by atoms with Crippen LogP contribution in [0, 0.1) is 0 Å². The highest BCUT2D eigenvalue weighted by Gasteiger charge is 2.22. The van der Waals surface area contributed by atoms with E-state index in [1.165, 1.54) is 0 Å². The van der Waals surface area contributed by atoms with Crippen LogP contribution < -0.4 is 0 Å². The number of hydrogen-bond donors (Lipinski definition) is 0. The van der Waals surface area contributed by atoms with E-state index in [1.54, 1.807) is 31.2 Å². The number of Topliss-reactive ketones (excluding diaryl/α,β-unsaturated/α-hetero) is 1. The van der Waals surface area contributed by atoms with Gasteiger partial charge in [-0.15, -0.1) is 0 Å². The van der Waals surface area contributed by atoms with Crippen molar-refractivity contribution in [2.24, 2.45) is 0 Å². The number of nitrogens with zero attached hydrogens (tertiary/aromatic N) is 1. The van der Waals surface area contributed by atoms with E-state index >= 15 is 0 Å². The fourth-order valence-electron chi connectivity index (χ4n) is 4.44. The van der Waals surface area contributed by atoms with Gasteiger partial charge in [-0.3, -0.25) is 9.59 Å². The summed E-state index contributed by atoms with van der Waals surface area (Å²) in [6.45, 7) is 9.25. The maximum atomic E-state index is 13.2. The van der Waals surface area contributed by atoms with Crippen LogP contribution in [0.4, 0.5) is 0 Å². The van der Waals surface area contributed by atoms with Crippen LogP contribution in [0.1, 0.15) is 65.9 Å². The molecule has 0 aliphatic carbocycles. The molecule has 0 saturated heterocycles. The van der Waals surface area contributed by atoms with Gasteiger partial charge in [-0.25, -0.2) is 9.59 Å². The largest absolute Gasteiger partial charge is 0.462 e. The first-order chi connectivity index (χ1) is 18.7. The van der Waals surface area contributed by atoms with Crippen molar-refractivity contribution in [3.63, 3.8) is 0 Å². The summed E-state index contributed by atoms with van der Waals surface area (Å²) in [5.74, 6) is -2.36. The molecule has 1 heterocycles. The third kappa shape index (κ3) is 5.82. The van der Waals surface area contributed by atoms with Crippen LogP contribution in [0.15, 0.2) is 78.9 Å². The molecule has 0 fully saturated rings. The van der Waals surface area contributed by atoms with Crippen LogP contribution in [-0.2, 0) is 19.1 Å². The van der Waals surface area contributed by atoms with E-state index in [0.29, 0.717) is 11.1 Å². The third-order valence-electron chi connectivity index (χ3n) is 6.68. The second kappa shape index (κ2) is 11.9. The molecular formula is C32H31NO6. The summed E-state index contributed by atoms with van der Waals surface area (Å²) in [5, 5.41) is 1.60. The van der Waals surface area contributed by atoms with E-state index in [-0.39, 0.29) is 42.6 Å². The lowest BCUT2D eigenvalue weighted by molar-refractivity contribution is -0.141. The molecule has 0 radical (unpaired) electrons. The average molecular weight is 526 g/mol. The fraction of sp³-hybridized carbons (Fsp3) is 0.250. The Balaban J connectivity index is 1.63. The van der Waals surface area contributed by atoms with E-state index in [0.717, 1.165) is 28.2 Å². The number of rotatable bonds is 11. The number of ether oxygens (including phenoxy) is 2. The Morgan fingerprint density at radius 3 is 1.95 bits per heavy atom. The minimum atomic E-state index is -0.980. The van der Waals surface area contributed by atoms with Gasteiger partial charge in [0.1, 0.15) is 0 Å². The van der Waals surface area contributed by atoms with Crippen molar-refractivity contribution in [1.82, 2.24) is 4.57 Å². The molecule has 4 aromatic rings. The van der Waals surface area contributed by atoms with Crippen molar-refractivity contribution in [2.75, 3.05) is 13.2 Å². The monoisotopic (exact) mass is 525 g/mol. The van der Waals surface area contributed by atoms with Crippen molar-refractivity contribution in [2.45, 2.75) is 39.7 Å². The first kappa shape index (κ1) is 27.5. The molecule has 7 nitrogen and oxygen atoms in total. The number of carbonyl (C=O) groups is 4. The van der Waals surface area contributed by atoms with Gasteiger partial charge in [0, 0.05) is 56.5 Å². The van der Waals surface area contributed by atoms with E-state index in [2.05, 4.69) is 25.0 Å². The summed E-state index contributed by atoms with van der Waals surface area (Å²) in [5.41, 5.74) is 3.47. The van der Waals surface area contributed by atoms with Crippen molar-refractivity contribution < 1.29 is 28.7 Å². The molecule has 7 heteroatoms. The quantitative estimate of drug-likeness (QED) is 0.0758. The van der Waals surface area contributed by atoms with Crippen molar-refractivity contribution >= 4 is 45.3 Å². The molecule has 1 unspecified atom stereocenters. The SMILES string of the molecule is C=C(C)C(=O)OCCCOC(=O)C(=O)c1ccc2c(c1)c1cc(C(=O)c3ccccc3)ccc1n2C(C)CC. The van der Waals surface area contributed by atoms with Gasteiger partial charge in [-0.05, 0) is 56.7 Å². The summed E-state index contributed by atoms with van der Waals surface area (Å²) in [6.07, 6.45) is 1.15. The zero-order chi connectivity index (χ0) is 28.1. The third-order valence-corrected chi connectivity index (χ3v) is 6.68. The normalized spacial score (nSPS) is 11.8. The summed E-state index contributed by atoms with van der Waals surface area (Å²) in [7, 11) is 0. The second-order valence-electron chi connectivity index (χ2n) is 9.52. The van der Waals surface area contributed by atoms with Crippen LogP contribution in [-0.4, -0.2) is 41.3 Å². The van der Waals surface area contributed by atoms with Crippen LogP contribution in [0.25, 0.3) is 21.8 Å². The van der Waals surface area contributed by atoms with Gasteiger partial charge in [-0.1, -0.05) is 43.8 Å². The maximum absolute atomic E-state index is 13.2. The number of carbonyl (C=O) groups excluding carboxylic acids is 4. The maximum Gasteiger partial charge on any atom is 0.379 e. The van der Waals surface area contributed by atoms with Crippen LogP contribution in [0.2, 0.25) is 0 Å². The Bertz CT molecular complexity index is 1580. The van der Waals surface area contributed by atoms with Crippen LogP contribution >= 0.6 is 0 Å². The van der Waals surface area contributed by atoms with Crippen LogP contribution in [0.5, 0.6) is 0 Å². The second-order valence-corrected chi connectivity index (χ2v) is 9.52. The van der Waals surface area contributed by atoms with Gasteiger partial charge in [-0.2, -0.15) is 0 Å². The highest BCUT2D eigenvalue weighted by molar-refractivity contribution is 6.41. The predicted octanol–water partition coefficient (Wildman–Crippen LogP) is 6.23. The topological polar surface area (TPSA) is 91.7 Å². The molecule has 1 atom stereocenters. The van der Waals surface area contributed by atoms with Crippen molar-refractivity contribution in [1.29, 1.82) is 0 Å². The number of hydrogen-bond acceptors (Lipinski definition) is 6. The smallest absolute Gasteiger partial charge is 0.379 e.